The molecule has 1 saturated heterocycles. The lowest BCUT2D eigenvalue weighted by Crippen LogP contribution is -2.53. The van der Waals surface area contributed by atoms with Gasteiger partial charge in [0, 0.05) is 48.1 Å². The molecular formula is C22H29N3O. The number of fused-ring (bicyclic) bond motifs is 5. The highest BCUT2D eigenvalue weighted by molar-refractivity contribution is 5.79. The maximum atomic E-state index is 12.2. The smallest absolute Gasteiger partial charge is 0.226 e. The fourth-order valence-corrected chi connectivity index (χ4v) is 6.93. The van der Waals surface area contributed by atoms with Gasteiger partial charge in [-0.3, -0.25) is 4.79 Å². The largest absolute Gasteiger partial charge is 0.319 e. The number of carbonyl (C=O) groups excluding carboxylic acids is 1. The van der Waals surface area contributed by atoms with E-state index < -0.39 is 0 Å². The van der Waals surface area contributed by atoms with E-state index in [1.165, 1.54) is 30.7 Å². The lowest BCUT2D eigenvalue weighted by molar-refractivity contribution is -0.135. The quantitative estimate of drug-likeness (QED) is 0.755. The van der Waals surface area contributed by atoms with E-state index in [9.17, 15) is 4.79 Å². The number of aromatic nitrogens is 2. The molecule has 2 heterocycles. The van der Waals surface area contributed by atoms with Crippen molar-refractivity contribution < 1.29 is 4.79 Å². The number of hydrogen-bond acceptors (Lipinski definition) is 2. The van der Waals surface area contributed by atoms with Crippen LogP contribution in [0.1, 0.15) is 52.4 Å². The molecule has 1 aliphatic heterocycles. The molecule has 3 aliphatic carbocycles. The van der Waals surface area contributed by atoms with Crippen LogP contribution in [0, 0.1) is 28.6 Å². The fourth-order valence-electron chi connectivity index (χ4n) is 6.93. The second-order valence-corrected chi connectivity index (χ2v) is 9.32. The number of rotatable bonds is 1. The highest BCUT2D eigenvalue weighted by Crippen LogP contribution is 2.65. The van der Waals surface area contributed by atoms with Gasteiger partial charge in [0.25, 0.3) is 0 Å². The van der Waals surface area contributed by atoms with E-state index in [0.717, 1.165) is 18.8 Å². The van der Waals surface area contributed by atoms with Gasteiger partial charge in [0.1, 0.15) is 0 Å². The standard InChI is InChI=1S/C22H29N3O/c1-21-11-9-20(26)24(3)18(21)6-4-15-16-5-7-19(25-13-12-23-14-25)22(16,2)10-8-17(15)21/h6-7,12-17H,4-5,8-11H2,1-3H3/t15-,16-,17-,21+,22-/m0/s1. The Balaban J connectivity index is 1.50. The van der Waals surface area contributed by atoms with Crippen LogP contribution in [0.4, 0.5) is 0 Å². The van der Waals surface area contributed by atoms with Crippen molar-refractivity contribution in [3.05, 3.63) is 36.6 Å². The van der Waals surface area contributed by atoms with Gasteiger partial charge >= 0.3 is 0 Å². The number of allylic oxidation sites excluding steroid dienone is 4. The van der Waals surface area contributed by atoms with E-state index >= 15 is 0 Å². The van der Waals surface area contributed by atoms with Crippen LogP contribution in [-0.2, 0) is 4.79 Å². The molecule has 4 heteroatoms. The van der Waals surface area contributed by atoms with Gasteiger partial charge in [-0.05, 0) is 49.9 Å². The summed E-state index contributed by atoms with van der Waals surface area (Å²) in [6, 6.07) is 0. The van der Waals surface area contributed by atoms with Crippen molar-refractivity contribution in [2.45, 2.75) is 52.4 Å². The summed E-state index contributed by atoms with van der Waals surface area (Å²) in [7, 11) is 1.98. The number of likely N-dealkylation sites (tertiary alicyclic amines) is 1. The summed E-state index contributed by atoms with van der Waals surface area (Å²) in [4.78, 5) is 18.5. The molecule has 4 aliphatic rings. The topological polar surface area (TPSA) is 38.1 Å². The molecule has 0 unspecified atom stereocenters. The molecule has 4 nitrogen and oxygen atoms in total. The van der Waals surface area contributed by atoms with E-state index in [0.29, 0.717) is 18.3 Å². The molecule has 1 aromatic heterocycles. The van der Waals surface area contributed by atoms with E-state index in [4.69, 9.17) is 0 Å². The minimum atomic E-state index is 0.171. The van der Waals surface area contributed by atoms with Crippen molar-refractivity contribution in [3.8, 4) is 0 Å². The number of piperidine rings is 1. The van der Waals surface area contributed by atoms with Crippen LogP contribution in [0.2, 0.25) is 0 Å². The maximum Gasteiger partial charge on any atom is 0.226 e. The molecule has 1 amide bonds. The van der Waals surface area contributed by atoms with Gasteiger partial charge in [-0.2, -0.15) is 0 Å². The molecule has 2 fully saturated rings. The zero-order valence-corrected chi connectivity index (χ0v) is 16.1. The first kappa shape index (κ1) is 16.3. The first-order valence-electron chi connectivity index (χ1n) is 10.1. The zero-order valence-electron chi connectivity index (χ0n) is 16.1. The second-order valence-electron chi connectivity index (χ2n) is 9.32. The molecule has 138 valence electrons. The number of hydrogen-bond donors (Lipinski definition) is 0. The SMILES string of the molecule is CN1C(=O)CC[C@@]2(C)C1=CC[C@@H]1[C@@H]2CC[C@]2(C)C(n3ccnc3)=CC[C@@H]12. The first-order valence-corrected chi connectivity index (χ1v) is 10.1. The summed E-state index contributed by atoms with van der Waals surface area (Å²) in [5.41, 5.74) is 3.18. The third kappa shape index (κ3) is 1.96. The number of carbonyl (C=O) groups is 1. The molecule has 0 spiro atoms. The van der Waals surface area contributed by atoms with Crippen molar-refractivity contribution in [3.63, 3.8) is 0 Å². The number of imidazole rings is 1. The summed E-state index contributed by atoms with van der Waals surface area (Å²) < 4.78 is 2.24. The van der Waals surface area contributed by atoms with Crippen LogP contribution >= 0.6 is 0 Å². The molecule has 1 aromatic rings. The van der Waals surface area contributed by atoms with E-state index in [1.807, 2.05) is 24.5 Å². The monoisotopic (exact) mass is 351 g/mol. The van der Waals surface area contributed by atoms with Crippen LogP contribution in [-0.4, -0.2) is 27.4 Å². The predicted octanol–water partition coefficient (Wildman–Crippen LogP) is 4.32. The molecule has 0 N–H and O–H groups in total. The molecule has 0 radical (unpaired) electrons. The Morgan fingerprint density at radius 2 is 1.85 bits per heavy atom. The van der Waals surface area contributed by atoms with Crippen molar-refractivity contribution in [1.82, 2.24) is 14.5 Å². The number of nitrogens with zero attached hydrogens (tertiary/aromatic N) is 3. The van der Waals surface area contributed by atoms with Gasteiger partial charge in [-0.15, -0.1) is 0 Å². The zero-order chi connectivity index (χ0) is 18.1. The second kappa shape index (κ2) is 5.34. The average Bonchev–Trinajstić information content (AvgIpc) is 3.25. The van der Waals surface area contributed by atoms with E-state index in [2.05, 4.69) is 41.7 Å². The predicted molar refractivity (Wildman–Crippen MR) is 102 cm³/mol. The normalized spacial score (nSPS) is 41.9. The van der Waals surface area contributed by atoms with Crippen molar-refractivity contribution >= 4 is 11.6 Å². The minimum Gasteiger partial charge on any atom is -0.319 e. The Bertz CT molecular complexity index is 807. The highest BCUT2D eigenvalue weighted by Gasteiger charge is 2.57. The van der Waals surface area contributed by atoms with Gasteiger partial charge in [0.05, 0.1) is 6.33 Å². The average molecular weight is 351 g/mol. The van der Waals surface area contributed by atoms with Crippen molar-refractivity contribution in [2.75, 3.05) is 7.05 Å². The first-order chi connectivity index (χ1) is 12.4. The van der Waals surface area contributed by atoms with Gasteiger partial charge in [0.15, 0.2) is 0 Å². The molecule has 1 saturated carbocycles. The molecule has 26 heavy (non-hydrogen) atoms. The van der Waals surface area contributed by atoms with Crippen LogP contribution < -0.4 is 0 Å². The summed E-state index contributed by atoms with van der Waals surface area (Å²) in [6.45, 7) is 4.91. The lowest BCUT2D eigenvalue weighted by atomic mass is 9.49. The Kier molecular flexibility index (Phi) is 3.35. The number of amides is 1. The van der Waals surface area contributed by atoms with Crippen LogP contribution in [0.15, 0.2) is 36.6 Å². The summed E-state index contributed by atoms with van der Waals surface area (Å²) >= 11 is 0. The molecular weight excluding hydrogens is 322 g/mol. The molecule has 0 bridgehead atoms. The van der Waals surface area contributed by atoms with Crippen LogP contribution in [0.5, 0.6) is 0 Å². The molecule has 0 aromatic carbocycles. The third-order valence-electron chi connectivity index (χ3n) is 8.34. The van der Waals surface area contributed by atoms with Crippen LogP contribution in [0.25, 0.3) is 5.70 Å². The Labute approximate surface area is 156 Å². The summed E-state index contributed by atoms with van der Waals surface area (Å²) in [5, 5.41) is 0. The highest BCUT2D eigenvalue weighted by atomic mass is 16.2. The Morgan fingerprint density at radius 1 is 1.08 bits per heavy atom. The minimum absolute atomic E-state index is 0.171. The Hall–Kier alpha value is -1.84. The van der Waals surface area contributed by atoms with Crippen molar-refractivity contribution in [2.24, 2.45) is 28.6 Å². The van der Waals surface area contributed by atoms with Gasteiger partial charge in [-0.1, -0.05) is 26.0 Å². The van der Waals surface area contributed by atoms with E-state index in [1.54, 1.807) is 0 Å². The molecule has 5 atom stereocenters. The van der Waals surface area contributed by atoms with Crippen molar-refractivity contribution in [1.29, 1.82) is 0 Å². The Morgan fingerprint density at radius 3 is 2.62 bits per heavy atom. The summed E-state index contributed by atoms with van der Waals surface area (Å²) in [5.74, 6) is 2.42. The van der Waals surface area contributed by atoms with Crippen LogP contribution in [0.3, 0.4) is 0 Å². The summed E-state index contributed by atoms with van der Waals surface area (Å²) in [6.07, 6.45) is 17.3. The van der Waals surface area contributed by atoms with Gasteiger partial charge < -0.3 is 9.47 Å². The maximum absolute atomic E-state index is 12.2. The third-order valence-corrected chi connectivity index (χ3v) is 8.34. The fraction of sp³-hybridized carbons (Fsp3) is 0.636. The van der Waals surface area contributed by atoms with Gasteiger partial charge in [-0.25, -0.2) is 4.98 Å². The lowest BCUT2D eigenvalue weighted by Gasteiger charge is -2.58. The molecule has 5 rings (SSSR count). The van der Waals surface area contributed by atoms with Gasteiger partial charge in [0.2, 0.25) is 5.91 Å². The van der Waals surface area contributed by atoms with E-state index in [-0.39, 0.29) is 16.7 Å².